The fourth-order valence-corrected chi connectivity index (χ4v) is 2.12. The number of halogens is 1. The van der Waals surface area contributed by atoms with Crippen LogP contribution in [0.3, 0.4) is 0 Å². The number of anilines is 1. The van der Waals surface area contributed by atoms with E-state index in [0.29, 0.717) is 17.0 Å². The molecular formula is C16H14BrNO3. The fraction of sp³-hybridized carbons (Fsp3) is 0.125. The first-order valence-electron chi connectivity index (χ1n) is 6.34. The zero-order valence-corrected chi connectivity index (χ0v) is 13.0. The van der Waals surface area contributed by atoms with Crippen molar-refractivity contribution in [2.75, 3.05) is 11.9 Å². The van der Waals surface area contributed by atoms with E-state index in [1.807, 2.05) is 18.2 Å². The summed E-state index contributed by atoms with van der Waals surface area (Å²) in [5, 5.41) is 2.70. The second kappa shape index (κ2) is 7.04. The van der Waals surface area contributed by atoms with Gasteiger partial charge in [-0.25, -0.2) is 0 Å². The molecule has 0 aliphatic rings. The van der Waals surface area contributed by atoms with E-state index in [4.69, 9.17) is 4.74 Å². The van der Waals surface area contributed by atoms with Crippen molar-refractivity contribution in [2.24, 2.45) is 0 Å². The zero-order valence-electron chi connectivity index (χ0n) is 11.4. The number of hydrogen-bond donors (Lipinski definition) is 1. The Hall–Kier alpha value is -2.14. The Kier molecular flexibility index (Phi) is 5.11. The molecule has 0 heterocycles. The first-order valence-corrected chi connectivity index (χ1v) is 7.14. The minimum atomic E-state index is -0.286. The number of nitrogens with one attached hydrogen (secondary N) is 1. The normalized spacial score (nSPS) is 10.0. The number of amides is 1. The molecule has 0 saturated carbocycles. The van der Waals surface area contributed by atoms with E-state index in [2.05, 4.69) is 21.2 Å². The number of para-hydroxylation sites is 1. The Morgan fingerprint density at radius 2 is 1.90 bits per heavy atom. The van der Waals surface area contributed by atoms with Crippen molar-refractivity contribution in [2.45, 2.75) is 6.92 Å². The first kappa shape index (κ1) is 15.3. The van der Waals surface area contributed by atoms with Gasteiger partial charge in [0.25, 0.3) is 5.91 Å². The molecule has 0 unspecified atom stereocenters. The molecule has 0 spiro atoms. The molecule has 21 heavy (non-hydrogen) atoms. The van der Waals surface area contributed by atoms with Crippen molar-refractivity contribution in [1.29, 1.82) is 0 Å². The predicted molar refractivity (Wildman–Crippen MR) is 84.7 cm³/mol. The average molecular weight is 348 g/mol. The van der Waals surface area contributed by atoms with Crippen LogP contribution in [-0.4, -0.2) is 18.3 Å². The van der Waals surface area contributed by atoms with Gasteiger partial charge in [-0.3, -0.25) is 9.59 Å². The first-order chi connectivity index (χ1) is 10.1. The number of ether oxygens (including phenoxy) is 1. The second-order valence-electron chi connectivity index (χ2n) is 4.40. The van der Waals surface area contributed by atoms with E-state index in [1.54, 1.807) is 30.3 Å². The molecule has 5 heteroatoms. The Bertz CT molecular complexity index is 670. The topological polar surface area (TPSA) is 55.4 Å². The van der Waals surface area contributed by atoms with Gasteiger partial charge in [-0.15, -0.1) is 0 Å². The van der Waals surface area contributed by atoms with E-state index in [-0.39, 0.29) is 18.3 Å². The molecule has 0 saturated heterocycles. The number of carbonyl (C=O) groups is 2. The summed E-state index contributed by atoms with van der Waals surface area (Å²) in [6, 6.07) is 14.1. The third-order valence-corrected chi connectivity index (χ3v) is 3.40. The van der Waals surface area contributed by atoms with Crippen molar-refractivity contribution in [3.63, 3.8) is 0 Å². The predicted octanol–water partition coefficient (Wildman–Crippen LogP) is 3.67. The molecule has 0 atom stereocenters. The summed E-state index contributed by atoms with van der Waals surface area (Å²) in [6.07, 6.45) is 0. The van der Waals surface area contributed by atoms with Crippen LogP contribution in [0, 0.1) is 0 Å². The van der Waals surface area contributed by atoms with E-state index < -0.39 is 0 Å². The molecule has 0 aliphatic heterocycles. The average Bonchev–Trinajstić information content (AvgIpc) is 2.46. The highest BCUT2D eigenvalue weighted by Crippen LogP contribution is 2.23. The summed E-state index contributed by atoms with van der Waals surface area (Å²) in [6.45, 7) is 1.38. The van der Waals surface area contributed by atoms with Gasteiger partial charge in [0.05, 0.1) is 4.47 Å². The molecule has 0 radical (unpaired) electrons. The second-order valence-corrected chi connectivity index (χ2v) is 5.26. The summed E-state index contributed by atoms with van der Waals surface area (Å²) in [5.41, 5.74) is 1.13. The van der Waals surface area contributed by atoms with E-state index in [0.717, 1.165) is 4.47 Å². The van der Waals surface area contributed by atoms with E-state index in [1.165, 1.54) is 6.92 Å². The Morgan fingerprint density at radius 3 is 2.62 bits per heavy atom. The van der Waals surface area contributed by atoms with Crippen LogP contribution in [-0.2, 0) is 4.79 Å². The molecule has 2 aromatic carbocycles. The molecule has 0 fully saturated rings. The lowest BCUT2D eigenvalue weighted by molar-refractivity contribution is -0.118. The van der Waals surface area contributed by atoms with Crippen LogP contribution in [0.15, 0.2) is 53.0 Å². The molecule has 1 amide bonds. The van der Waals surface area contributed by atoms with Crippen LogP contribution < -0.4 is 10.1 Å². The lowest BCUT2D eigenvalue weighted by Gasteiger charge is -2.09. The van der Waals surface area contributed by atoms with Gasteiger partial charge in [-0.1, -0.05) is 24.3 Å². The molecule has 0 aromatic heterocycles. The van der Waals surface area contributed by atoms with Crippen molar-refractivity contribution in [3.05, 3.63) is 58.6 Å². The van der Waals surface area contributed by atoms with Gasteiger partial charge >= 0.3 is 0 Å². The van der Waals surface area contributed by atoms with Gasteiger partial charge in [0.1, 0.15) is 5.75 Å². The van der Waals surface area contributed by atoms with Gasteiger partial charge < -0.3 is 10.1 Å². The summed E-state index contributed by atoms with van der Waals surface area (Å²) < 4.78 is 6.21. The maximum Gasteiger partial charge on any atom is 0.262 e. The third-order valence-electron chi connectivity index (χ3n) is 2.75. The molecule has 2 rings (SSSR count). The highest BCUT2D eigenvalue weighted by molar-refractivity contribution is 9.10. The Morgan fingerprint density at radius 1 is 1.14 bits per heavy atom. The standard InChI is InChI=1S/C16H14BrNO3/c1-11(19)12-5-4-6-13(9-12)18-16(20)10-21-15-8-3-2-7-14(15)17/h2-9H,10H2,1H3,(H,18,20). The van der Waals surface area contributed by atoms with Crippen LogP contribution in [0.4, 0.5) is 5.69 Å². The molecule has 1 N–H and O–H groups in total. The van der Waals surface area contributed by atoms with Gasteiger partial charge in [0.2, 0.25) is 0 Å². The van der Waals surface area contributed by atoms with Crippen LogP contribution in [0.5, 0.6) is 5.75 Å². The van der Waals surface area contributed by atoms with Gasteiger partial charge in [-0.2, -0.15) is 0 Å². The number of rotatable bonds is 5. The van der Waals surface area contributed by atoms with Crippen molar-refractivity contribution in [3.8, 4) is 5.75 Å². The largest absolute Gasteiger partial charge is 0.483 e. The zero-order chi connectivity index (χ0) is 15.2. The molecule has 2 aromatic rings. The van der Waals surface area contributed by atoms with Gasteiger partial charge in [0, 0.05) is 11.3 Å². The van der Waals surface area contributed by atoms with Gasteiger partial charge in [-0.05, 0) is 47.1 Å². The molecule has 4 nitrogen and oxygen atoms in total. The fourth-order valence-electron chi connectivity index (χ4n) is 1.72. The highest BCUT2D eigenvalue weighted by Gasteiger charge is 2.07. The minimum absolute atomic E-state index is 0.0458. The van der Waals surface area contributed by atoms with Crippen LogP contribution in [0.2, 0.25) is 0 Å². The number of carbonyl (C=O) groups excluding carboxylic acids is 2. The number of benzene rings is 2. The van der Waals surface area contributed by atoms with E-state index >= 15 is 0 Å². The number of hydrogen-bond acceptors (Lipinski definition) is 3. The van der Waals surface area contributed by atoms with Crippen molar-refractivity contribution < 1.29 is 14.3 Å². The van der Waals surface area contributed by atoms with Crippen molar-refractivity contribution in [1.82, 2.24) is 0 Å². The quantitative estimate of drug-likeness (QED) is 0.839. The van der Waals surface area contributed by atoms with Gasteiger partial charge in [0.15, 0.2) is 12.4 Å². The Balaban J connectivity index is 1.95. The minimum Gasteiger partial charge on any atom is -0.483 e. The summed E-state index contributed by atoms with van der Waals surface area (Å²) in [4.78, 5) is 23.1. The summed E-state index contributed by atoms with van der Waals surface area (Å²) >= 11 is 3.34. The molecule has 0 aliphatic carbocycles. The number of ketones is 1. The lowest BCUT2D eigenvalue weighted by atomic mass is 10.1. The molecular weight excluding hydrogens is 334 g/mol. The smallest absolute Gasteiger partial charge is 0.262 e. The monoisotopic (exact) mass is 347 g/mol. The number of Topliss-reactive ketones (excluding diaryl/α,β-unsaturated/α-hetero) is 1. The molecule has 108 valence electrons. The van der Waals surface area contributed by atoms with Crippen molar-refractivity contribution >= 4 is 33.3 Å². The Labute approximate surface area is 131 Å². The van der Waals surface area contributed by atoms with Crippen LogP contribution >= 0.6 is 15.9 Å². The van der Waals surface area contributed by atoms with E-state index in [9.17, 15) is 9.59 Å². The highest BCUT2D eigenvalue weighted by atomic mass is 79.9. The molecule has 0 bridgehead atoms. The third kappa shape index (κ3) is 4.43. The summed E-state index contributed by atoms with van der Waals surface area (Å²) in [5.74, 6) is 0.271. The maximum absolute atomic E-state index is 11.8. The summed E-state index contributed by atoms with van der Waals surface area (Å²) in [7, 11) is 0. The lowest BCUT2D eigenvalue weighted by Crippen LogP contribution is -2.20. The van der Waals surface area contributed by atoms with Crippen LogP contribution in [0.25, 0.3) is 0 Å². The SMILES string of the molecule is CC(=O)c1cccc(NC(=O)COc2ccccc2Br)c1. The van der Waals surface area contributed by atoms with Crippen LogP contribution in [0.1, 0.15) is 17.3 Å². The maximum atomic E-state index is 11.8.